The van der Waals surface area contributed by atoms with Crippen LogP contribution in [0.4, 0.5) is 0 Å². The molecule has 1 aromatic rings. The predicted octanol–water partition coefficient (Wildman–Crippen LogP) is 1.56. The lowest BCUT2D eigenvalue weighted by Crippen LogP contribution is -2.59. The zero-order chi connectivity index (χ0) is 35.4. The van der Waals surface area contributed by atoms with Gasteiger partial charge in [0, 0.05) is 50.7 Å². The van der Waals surface area contributed by atoms with Crippen LogP contribution in [0.25, 0.3) is 0 Å². The molecule has 14 heteroatoms. The Balaban J connectivity index is 1.43. The molecule has 13 nitrogen and oxygen atoms in total. The number of hydrogen-bond acceptors (Lipinski definition) is 10. The third-order valence-corrected chi connectivity index (χ3v) is 11.2. The van der Waals surface area contributed by atoms with Crippen molar-refractivity contribution in [1.29, 1.82) is 0 Å². The van der Waals surface area contributed by atoms with Crippen LogP contribution in [-0.2, 0) is 38.1 Å². The SMILES string of the molecule is CC[C@@H](CO)N1C(=O)[C@H]2[C@@H]3C(=O)O[C@H](c4ccccc4)[C@@H](COC)NC(=O)CC/C=C\CN(CCN4CCOCC4)C(=O)[C@H]1[C@@]21C=C(Br)[C@@H]3O1. The molecular weight excluding hydrogens is 712 g/mol. The van der Waals surface area contributed by atoms with Crippen molar-refractivity contribution in [3.63, 3.8) is 0 Å². The molecule has 5 aliphatic rings. The van der Waals surface area contributed by atoms with E-state index in [4.69, 9.17) is 18.9 Å². The highest BCUT2D eigenvalue weighted by atomic mass is 79.9. The molecule has 5 bridgehead atoms. The van der Waals surface area contributed by atoms with Crippen molar-refractivity contribution in [2.24, 2.45) is 11.8 Å². The van der Waals surface area contributed by atoms with Crippen molar-refractivity contribution in [3.05, 3.63) is 58.6 Å². The fourth-order valence-electron chi connectivity index (χ4n) is 7.99. The Bertz CT molecular complexity index is 1470. The molecule has 3 amide bonds. The number of carbonyl (C=O) groups is 4. The number of allylic oxidation sites excluding steroid dienone is 1. The molecule has 272 valence electrons. The van der Waals surface area contributed by atoms with E-state index in [-0.39, 0.29) is 38.0 Å². The molecule has 0 aliphatic carbocycles. The quantitative estimate of drug-likeness (QED) is 0.281. The number of hydrogen-bond donors (Lipinski definition) is 2. The second-order valence-corrected chi connectivity index (χ2v) is 14.4. The summed E-state index contributed by atoms with van der Waals surface area (Å²) in [5.74, 6) is -3.87. The molecule has 0 aromatic heterocycles. The average molecular weight is 760 g/mol. The molecule has 50 heavy (non-hydrogen) atoms. The fourth-order valence-corrected chi connectivity index (χ4v) is 8.73. The van der Waals surface area contributed by atoms with Crippen LogP contribution in [0, 0.1) is 11.8 Å². The van der Waals surface area contributed by atoms with Gasteiger partial charge in [0.25, 0.3) is 0 Å². The molecule has 1 aromatic carbocycles. The number of esters is 1. The highest BCUT2D eigenvalue weighted by Gasteiger charge is 2.75. The Labute approximate surface area is 301 Å². The van der Waals surface area contributed by atoms with Crippen molar-refractivity contribution in [1.82, 2.24) is 20.0 Å². The van der Waals surface area contributed by atoms with Gasteiger partial charge in [-0.25, -0.2) is 0 Å². The Morgan fingerprint density at radius 2 is 1.82 bits per heavy atom. The van der Waals surface area contributed by atoms with Crippen LogP contribution in [0.15, 0.2) is 53.0 Å². The van der Waals surface area contributed by atoms with E-state index >= 15 is 0 Å². The van der Waals surface area contributed by atoms with E-state index in [2.05, 4.69) is 26.1 Å². The van der Waals surface area contributed by atoms with Gasteiger partial charge in [-0.2, -0.15) is 0 Å². The van der Waals surface area contributed by atoms with Crippen LogP contribution >= 0.6 is 15.9 Å². The molecule has 3 saturated heterocycles. The maximum Gasteiger partial charge on any atom is 0.313 e. The molecule has 5 heterocycles. The van der Waals surface area contributed by atoms with Gasteiger partial charge in [0.1, 0.15) is 29.8 Å². The fraction of sp³-hybridized carbons (Fsp3) is 0.611. The van der Waals surface area contributed by atoms with Gasteiger partial charge in [-0.1, -0.05) is 65.3 Å². The van der Waals surface area contributed by atoms with Crippen molar-refractivity contribution < 1.29 is 43.2 Å². The first-order chi connectivity index (χ1) is 24.2. The van der Waals surface area contributed by atoms with Crippen LogP contribution in [0.5, 0.6) is 0 Å². The number of amides is 3. The van der Waals surface area contributed by atoms with E-state index in [0.717, 1.165) is 13.1 Å². The van der Waals surface area contributed by atoms with Crippen LogP contribution in [0.3, 0.4) is 0 Å². The number of nitrogens with one attached hydrogen (secondary N) is 1. The Morgan fingerprint density at radius 3 is 2.52 bits per heavy atom. The minimum Gasteiger partial charge on any atom is -0.455 e. The van der Waals surface area contributed by atoms with Gasteiger partial charge in [-0.05, 0) is 24.5 Å². The lowest BCUT2D eigenvalue weighted by molar-refractivity contribution is -0.163. The van der Waals surface area contributed by atoms with Gasteiger partial charge in [0.05, 0.1) is 44.4 Å². The van der Waals surface area contributed by atoms with Crippen LogP contribution in [-0.4, -0.2) is 140 Å². The van der Waals surface area contributed by atoms with E-state index < -0.39 is 59.6 Å². The minimum absolute atomic E-state index is 0.0616. The predicted molar refractivity (Wildman–Crippen MR) is 185 cm³/mol. The molecule has 6 rings (SSSR count). The zero-order valence-electron chi connectivity index (χ0n) is 28.6. The molecule has 2 N–H and O–H groups in total. The van der Waals surface area contributed by atoms with Crippen LogP contribution in [0.1, 0.15) is 37.9 Å². The Morgan fingerprint density at radius 1 is 1.06 bits per heavy atom. The maximum atomic E-state index is 14.9. The van der Waals surface area contributed by atoms with E-state index in [0.29, 0.717) is 49.2 Å². The molecule has 0 saturated carbocycles. The number of rotatable bonds is 9. The van der Waals surface area contributed by atoms with Crippen molar-refractivity contribution in [2.75, 3.05) is 66.3 Å². The first-order valence-corrected chi connectivity index (χ1v) is 18.3. The number of fused-ring (bicyclic) bond motifs is 2. The summed E-state index contributed by atoms with van der Waals surface area (Å²) in [5, 5.41) is 13.5. The van der Waals surface area contributed by atoms with Gasteiger partial charge in [-0.3, -0.25) is 24.1 Å². The number of aliphatic hydroxyl groups is 1. The summed E-state index contributed by atoms with van der Waals surface area (Å²) in [6.07, 6.45) is 4.68. The third-order valence-electron chi connectivity index (χ3n) is 10.5. The maximum absolute atomic E-state index is 14.9. The number of morpholine rings is 1. The highest BCUT2D eigenvalue weighted by molar-refractivity contribution is 9.11. The zero-order valence-corrected chi connectivity index (χ0v) is 30.2. The van der Waals surface area contributed by atoms with Crippen LogP contribution < -0.4 is 5.32 Å². The van der Waals surface area contributed by atoms with Gasteiger partial charge in [0.15, 0.2) is 0 Å². The minimum atomic E-state index is -1.47. The molecule has 0 radical (unpaired) electrons. The molecule has 0 unspecified atom stereocenters. The van der Waals surface area contributed by atoms with Crippen molar-refractivity contribution in [3.8, 4) is 0 Å². The summed E-state index contributed by atoms with van der Waals surface area (Å²) in [7, 11) is 1.51. The summed E-state index contributed by atoms with van der Waals surface area (Å²) in [6, 6.07) is 6.55. The van der Waals surface area contributed by atoms with E-state index in [9.17, 15) is 24.3 Å². The second kappa shape index (κ2) is 16.0. The number of nitrogens with zero attached hydrogens (tertiary/aromatic N) is 3. The van der Waals surface area contributed by atoms with E-state index in [1.54, 1.807) is 11.0 Å². The number of halogens is 1. The Hall–Kier alpha value is -3.14. The smallest absolute Gasteiger partial charge is 0.313 e. The number of cyclic esters (lactones) is 1. The second-order valence-electron chi connectivity index (χ2n) is 13.5. The number of methoxy groups -OCH3 is 1. The average Bonchev–Trinajstić information content (AvgIpc) is 3.72. The van der Waals surface area contributed by atoms with E-state index in [1.807, 2.05) is 49.4 Å². The molecule has 1 spiro atoms. The number of ether oxygens (including phenoxy) is 4. The van der Waals surface area contributed by atoms with Gasteiger partial charge >= 0.3 is 5.97 Å². The monoisotopic (exact) mass is 758 g/mol. The van der Waals surface area contributed by atoms with Gasteiger partial charge in [-0.15, -0.1) is 0 Å². The van der Waals surface area contributed by atoms with Crippen LogP contribution in [0.2, 0.25) is 0 Å². The lowest BCUT2D eigenvalue weighted by atomic mass is 9.74. The normalized spacial score (nSPS) is 33.6. The standard InChI is InChI=1S/C36H47BrN4O9/c1-3-24(21-42)41-32-34(45)40(15-14-39-16-18-48-19-17-39)13-9-5-8-12-27(43)38-26(22-47-2)30(23-10-6-4-7-11-23)49-35(46)28-29(33(41)44)36(32)20-25(37)31(28)50-36/h4-7,9-11,20,24,26,28-32,42H,3,8,12-19,21-22H2,1-2H3,(H,38,43)/b9-5-/t24-,26+,28-,29+,30+,31-,32-,36+/m0/s1. The summed E-state index contributed by atoms with van der Waals surface area (Å²) in [6.45, 7) is 5.47. The summed E-state index contributed by atoms with van der Waals surface area (Å²) >= 11 is 3.61. The summed E-state index contributed by atoms with van der Waals surface area (Å²) in [4.78, 5) is 62.7. The lowest BCUT2D eigenvalue weighted by Gasteiger charge is -2.39. The first-order valence-electron chi connectivity index (χ1n) is 17.5. The van der Waals surface area contributed by atoms with Gasteiger partial charge < -0.3 is 39.2 Å². The highest BCUT2D eigenvalue weighted by Crippen LogP contribution is 2.59. The summed E-state index contributed by atoms with van der Waals surface area (Å²) < 4.78 is 24.5. The number of likely N-dealkylation sites (tertiary alicyclic amines) is 1. The summed E-state index contributed by atoms with van der Waals surface area (Å²) in [5.41, 5.74) is -0.828. The third kappa shape index (κ3) is 7.02. The molecule has 3 fully saturated rings. The largest absolute Gasteiger partial charge is 0.455 e. The van der Waals surface area contributed by atoms with Gasteiger partial charge in [0.2, 0.25) is 17.7 Å². The number of aliphatic hydroxyl groups excluding tert-OH is 1. The van der Waals surface area contributed by atoms with Crippen molar-refractivity contribution in [2.45, 2.75) is 62.1 Å². The Kier molecular flexibility index (Phi) is 11.8. The molecular formula is C36H47BrN4O9. The molecule has 5 aliphatic heterocycles. The van der Waals surface area contributed by atoms with E-state index in [1.165, 1.54) is 12.0 Å². The van der Waals surface area contributed by atoms with Crippen molar-refractivity contribution >= 4 is 39.6 Å². The first kappa shape index (κ1) is 36.6. The number of benzene rings is 1. The molecule has 8 atom stereocenters. The number of carbonyl (C=O) groups excluding carboxylic acids is 4. The topological polar surface area (TPSA) is 147 Å².